The predicted octanol–water partition coefficient (Wildman–Crippen LogP) is 3.26. The number of halogens is 2. The van der Waals surface area contributed by atoms with Gasteiger partial charge in [0.05, 0.1) is 19.0 Å². The first-order valence-electron chi connectivity index (χ1n) is 7.88. The Kier molecular flexibility index (Phi) is 5.18. The molecule has 128 valence electrons. The van der Waals surface area contributed by atoms with Crippen LogP contribution in [-0.4, -0.2) is 15.7 Å². The van der Waals surface area contributed by atoms with E-state index < -0.39 is 17.5 Å². The molecule has 0 aliphatic rings. The van der Waals surface area contributed by atoms with Crippen LogP contribution in [0, 0.1) is 11.6 Å². The lowest BCUT2D eigenvalue weighted by atomic mass is 10.1. The summed E-state index contributed by atoms with van der Waals surface area (Å²) >= 11 is 0. The van der Waals surface area contributed by atoms with Crippen LogP contribution in [0.3, 0.4) is 0 Å². The molecule has 1 unspecified atom stereocenters. The summed E-state index contributed by atoms with van der Waals surface area (Å²) in [5.41, 5.74) is 0.659. The predicted molar refractivity (Wildman–Crippen MR) is 89.6 cm³/mol. The van der Waals surface area contributed by atoms with Crippen molar-refractivity contribution in [3.63, 3.8) is 0 Å². The number of carbonyl (C=O) groups excluding carboxylic acids is 1. The number of aromatic nitrogens is 2. The molecule has 25 heavy (non-hydrogen) atoms. The van der Waals surface area contributed by atoms with Gasteiger partial charge >= 0.3 is 0 Å². The number of hydrogen-bond acceptors (Lipinski definition) is 2. The van der Waals surface area contributed by atoms with Gasteiger partial charge in [0.15, 0.2) is 0 Å². The lowest BCUT2D eigenvalue weighted by Crippen LogP contribution is -2.33. The van der Waals surface area contributed by atoms with Gasteiger partial charge in [-0.05, 0) is 23.8 Å². The van der Waals surface area contributed by atoms with E-state index in [1.54, 1.807) is 23.1 Å². The van der Waals surface area contributed by atoms with Crippen LogP contribution in [0.2, 0.25) is 0 Å². The maximum absolute atomic E-state index is 13.7. The Morgan fingerprint density at radius 1 is 1.04 bits per heavy atom. The van der Waals surface area contributed by atoms with Gasteiger partial charge in [0, 0.05) is 18.0 Å². The van der Waals surface area contributed by atoms with Gasteiger partial charge in [0.1, 0.15) is 11.6 Å². The van der Waals surface area contributed by atoms with Crippen LogP contribution in [0.5, 0.6) is 0 Å². The molecule has 0 fully saturated rings. The second-order valence-corrected chi connectivity index (χ2v) is 5.64. The molecule has 1 heterocycles. The molecule has 0 bridgehead atoms. The van der Waals surface area contributed by atoms with Crippen molar-refractivity contribution in [2.75, 3.05) is 0 Å². The summed E-state index contributed by atoms with van der Waals surface area (Å²) in [7, 11) is 0. The normalized spacial score (nSPS) is 11.9. The second-order valence-electron chi connectivity index (χ2n) is 5.64. The summed E-state index contributed by atoms with van der Waals surface area (Å²) < 4.78 is 29.2. The Morgan fingerprint density at radius 2 is 1.76 bits per heavy atom. The van der Waals surface area contributed by atoms with Gasteiger partial charge in [0.2, 0.25) is 5.91 Å². The van der Waals surface area contributed by atoms with E-state index in [9.17, 15) is 13.6 Å². The van der Waals surface area contributed by atoms with Crippen LogP contribution in [-0.2, 0) is 17.8 Å². The highest BCUT2D eigenvalue weighted by atomic mass is 19.1. The van der Waals surface area contributed by atoms with E-state index in [1.807, 2.05) is 30.3 Å². The van der Waals surface area contributed by atoms with Crippen molar-refractivity contribution in [2.24, 2.45) is 0 Å². The maximum Gasteiger partial charge on any atom is 0.225 e. The largest absolute Gasteiger partial charge is 0.347 e. The van der Waals surface area contributed by atoms with Crippen LogP contribution in [0.1, 0.15) is 17.2 Å². The van der Waals surface area contributed by atoms with Crippen LogP contribution in [0.15, 0.2) is 67.0 Å². The minimum absolute atomic E-state index is 0.231. The summed E-state index contributed by atoms with van der Waals surface area (Å²) in [6.45, 7) is 0.419. The van der Waals surface area contributed by atoms with E-state index >= 15 is 0 Å². The molecule has 0 saturated carbocycles. The highest BCUT2D eigenvalue weighted by molar-refractivity contribution is 5.79. The van der Waals surface area contributed by atoms with Gasteiger partial charge in [-0.25, -0.2) is 8.78 Å². The molecular formula is C19H17F2N3O. The zero-order chi connectivity index (χ0) is 17.6. The minimum Gasteiger partial charge on any atom is -0.347 e. The molecule has 3 rings (SSSR count). The average Bonchev–Trinajstić information content (AvgIpc) is 3.12. The van der Waals surface area contributed by atoms with Gasteiger partial charge in [-0.15, -0.1) is 0 Å². The first kappa shape index (κ1) is 16.8. The fraction of sp³-hybridized carbons (Fsp3) is 0.158. The number of carbonyl (C=O) groups is 1. The average molecular weight is 341 g/mol. The van der Waals surface area contributed by atoms with Gasteiger partial charge in [-0.2, -0.15) is 5.10 Å². The standard InChI is InChI=1S/C19H17F2N3O/c20-16-8-4-9-17(21)15(16)12-19(25)23-18(13-24-11-5-10-22-24)14-6-2-1-3-7-14/h1-11,18H,12-13H2,(H,23,25). The zero-order valence-corrected chi connectivity index (χ0v) is 13.4. The Bertz CT molecular complexity index is 815. The quantitative estimate of drug-likeness (QED) is 0.748. The number of rotatable bonds is 6. The number of hydrogen-bond donors (Lipinski definition) is 1. The third kappa shape index (κ3) is 4.29. The monoisotopic (exact) mass is 341 g/mol. The third-order valence-electron chi connectivity index (χ3n) is 3.87. The SMILES string of the molecule is O=C(Cc1c(F)cccc1F)NC(Cn1cccn1)c1ccccc1. The third-order valence-corrected chi connectivity index (χ3v) is 3.87. The van der Waals surface area contributed by atoms with Crippen LogP contribution in [0.25, 0.3) is 0 Å². The number of nitrogens with one attached hydrogen (secondary N) is 1. The summed E-state index contributed by atoms with van der Waals surface area (Å²) in [6, 6.07) is 14.4. The highest BCUT2D eigenvalue weighted by Crippen LogP contribution is 2.17. The van der Waals surface area contributed by atoms with Crippen molar-refractivity contribution >= 4 is 5.91 Å². The first-order valence-corrected chi connectivity index (χ1v) is 7.88. The lowest BCUT2D eigenvalue weighted by Gasteiger charge is -2.19. The topological polar surface area (TPSA) is 46.9 Å². The Hall–Kier alpha value is -3.02. The number of benzene rings is 2. The Labute approximate surface area is 144 Å². The molecule has 0 radical (unpaired) electrons. The Balaban J connectivity index is 1.76. The zero-order valence-electron chi connectivity index (χ0n) is 13.4. The summed E-state index contributed by atoms with van der Waals surface area (Å²) in [5.74, 6) is -1.90. The van der Waals surface area contributed by atoms with E-state index in [-0.39, 0.29) is 18.0 Å². The number of amides is 1. The van der Waals surface area contributed by atoms with Gasteiger partial charge in [-0.1, -0.05) is 36.4 Å². The molecule has 6 heteroatoms. The fourth-order valence-electron chi connectivity index (χ4n) is 2.62. The summed E-state index contributed by atoms with van der Waals surface area (Å²) in [5, 5.41) is 6.99. The van der Waals surface area contributed by atoms with Crippen LogP contribution < -0.4 is 5.32 Å². The molecule has 1 amide bonds. The van der Waals surface area contributed by atoms with E-state index in [0.29, 0.717) is 6.54 Å². The van der Waals surface area contributed by atoms with E-state index in [0.717, 1.165) is 17.7 Å². The molecule has 2 aromatic carbocycles. The summed E-state index contributed by atoms with van der Waals surface area (Å²) in [6.07, 6.45) is 3.08. The highest BCUT2D eigenvalue weighted by Gasteiger charge is 2.18. The van der Waals surface area contributed by atoms with Crippen molar-refractivity contribution in [3.8, 4) is 0 Å². The maximum atomic E-state index is 13.7. The van der Waals surface area contributed by atoms with Crippen molar-refractivity contribution in [2.45, 2.75) is 19.0 Å². The van der Waals surface area contributed by atoms with Crippen molar-refractivity contribution < 1.29 is 13.6 Å². The minimum atomic E-state index is -0.724. The molecule has 1 atom stereocenters. The second kappa shape index (κ2) is 7.70. The van der Waals surface area contributed by atoms with E-state index in [4.69, 9.17) is 0 Å². The number of nitrogens with zero attached hydrogens (tertiary/aromatic N) is 2. The molecule has 1 aromatic heterocycles. The molecule has 0 saturated heterocycles. The Morgan fingerprint density at radius 3 is 2.40 bits per heavy atom. The molecule has 0 aliphatic heterocycles. The molecule has 0 spiro atoms. The molecule has 1 N–H and O–H groups in total. The lowest BCUT2D eigenvalue weighted by molar-refractivity contribution is -0.121. The van der Waals surface area contributed by atoms with E-state index in [2.05, 4.69) is 10.4 Å². The van der Waals surface area contributed by atoms with Gasteiger partial charge in [-0.3, -0.25) is 9.48 Å². The summed E-state index contributed by atoms with van der Waals surface area (Å²) in [4.78, 5) is 12.4. The van der Waals surface area contributed by atoms with Gasteiger partial charge in [0.25, 0.3) is 0 Å². The van der Waals surface area contributed by atoms with Crippen molar-refractivity contribution in [1.29, 1.82) is 0 Å². The van der Waals surface area contributed by atoms with Crippen LogP contribution >= 0.6 is 0 Å². The smallest absolute Gasteiger partial charge is 0.225 e. The van der Waals surface area contributed by atoms with Crippen molar-refractivity contribution in [1.82, 2.24) is 15.1 Å². The van der Waals surface area contributed by atoms with Crippen molar-refractivity contribution in [3.05, 3.63) is 89.8 Å². The molecule has 4 nitrogen and oxygen atoms in total. The first-order chi connectivity index (χ1) is 12.1. The molecule has 0 aliphatic carbocycles. The molecular weight excluding hydrogens is 324 g/mol. The fourth-order valence-corrected chi connectivity index (χ4v) is 2.62. The van der Waals surface area contributed by atoms with E-state index in [1.165, 1.54) is 6.07 Å². The van der Waals surface area contributed by atoms with Gasteiger partial charge < -0.3 is 5.32 Å². The molecule has 3 aromatic rings. The van der Waals surface area contributed by atoms with Crippen LogP contribution in [0.4, 0.5) is 8.78 Å².